The zero-order valence-electron chi connectivity index (χ0n) is 23.0. The van der Waals surface area contributed by atoms with Gasteiger partial charge in [0.2, 0.25) is 0 Å². The second-order valence-corrected chi connectivity index (χ2v) is 9.87. The summed E-state index contributed by atoms with van der Waals surface area (Å²) >= 11 is 1.58. The Hall–Kier alpha value is -2.40. The van der Waals surface area contributed by atoms with E-state index in [-0.39, 0.29) is 12.1 Å². The van der Waals surface area contributed by atoms with Gasteiger partial charge in [-0.05, 0) is 44.0 Å². The molecule has 6 nitrogen and oxygen atoms in total. The summed E-state index contributed by atoms with van der Waals surface area (Å²) < 4.78 is 43.1. The lowest BCUT2D eigenvalue weighted by Gasteiger charge is -2.35. The zero-order chi connectivity index (χ0) is 27.7. The van der Waals surface area contributed by atoms with Crippen LogP contribution in [0.1, 0.15) is 43.9 Å². The molecule has 2 heterocycles. The van der Waals surface area contributed by atoms with E-state index in [0.717, 1.165) is 45.0 Å². The monoisotopic (exact) mass is 548 g/mol. The minimum Gasteiger partial charge on any atom is -0.304 e. The van der Waals surface area contributed by atoms with Gasteiger partial charge in [-0.3, -0.25) is 9.91 Å². The first-order valence-corrected chi connectivity index (χ1v) is 14.3. The van der Waals surface area contributed by atoms with Gasteiger partial charge in [0.15, 0.2) is 0 Å². The van der Waals surface area contributed by atoms with Crippen molar-refractivity contribution in [2.75, 3.05) is 51.0 Å². The lowest BCUT2D eigenvalue weighted by atomic mass is 10.0. The number of alkyl halides is 2. The quantitative estimate of drug-likeness (QED) is 0.272. The molecule has 0 bridgehead atoms. The van der Waals surface area contributed by atoms with Crippen LogP contribution in [0.15, 0.2) is 52.7 Å². The van der Waals surface area contributed by atoms with Crippen molar-refractivity contribution in [3.8, 4) is 0 Å². The van der Waals surface area contributed by atoms with Crippen molar-refractivity contribution in [3.63, 3.8) is 0 Å². The van der Waals surface area contributed by atoms with Crippen molar-refractivity contribution < 1.29 is 13.2 Å². The summed E-state index contributed by atoms with van der Waals surface area (Å²) in [7, 11) is 2.15. The second-order valence-electron chi connectivity index (χ2n) is 9.08. The number of likely N-dealkylation sites (N-methyl/N-ethyl adjacent to an activating group) is 1. The van der Waals surface area contributed by atoms with Gasteiger partial charge in [-0.15, -0.1) is 0 Å². The van der Waals surface area contributed by atoms with Gasteiger partial charge in [0.25, 0.3) is 6.43 Å². The topological polar surface area (TPSA) is 37.7 Å². The highest BCUT2D eigenvalue weighted by molar-refractivity contribution is 7.96. The van der Waals surface area contributed by atoms with Crippen LogP contribution < -0.4 is 5.01 Å². The van der Waals surface area contributed by atoms with E-state index in [1.54, 1.807) is 24.1 Å². The van der Waals surface area contributed by atoms with Gasteiger partial charge >= 0.3 is 0 Å². The molecule has 0 atom stereocenters. The van der Waals surface area contributed by atoms with Crippen LogP contribution in [-0.2, 0) is 13.1 Å². The summed E-state index contributed by atoms with van der Waals surface area (Å²) in [5.41, 5.74) is 3.30. The number of halogens is 3. The molecule has 38 heavy (non-hydrogen) atoms. The Bertz CT molecular complexity index is 1100. The average molecular weight is 549 g/mol. The van der Waals surface area contributed by atoms with Gasteiger partial charge < -0.3 is 4.90 Å². The van der Waals surface area contributed by atoms with Crippen molar-refractivity contribution in [3.05, 3.63) is 65.0 Å². The Labute approximate surface area is 229 Å². The molecular formula is C28H39F3N6S. The molecule has 1 saturated heterocycles. The van der Waals surface area contributed by atoms with E-state index >= 15 is 4.39 Å². The molecule has 0 saturated carbocycles. The maximum absolute atomic E-state index is 15.2. The van der Waals surface area contributed by atoms with Crippen LogP contribution in [0.3, 0.4) is 0 Å². The lowest BCUT2D eigenvalue weighted by molar-refractivity contribution is 0.148. The number of hydrogen-bond donors (Lipinski definition) is 0. The second kappa shape index (κ2) is 14.7. The van der Waals surface area contributed by atoms with E-state index < -0.39 is 12.2 Å². The molecule has 0 aliphatic carbocycles. The largest absolute Gasteiger partial charge is 0.304 e. The van der Waals surface area contributed by atoms with Crippen molar-refractivity contribution >= 4 is 29.1 Å². The Morgan fingerprint density at radius 3 is 2.37 bits per heavy atom. The van der Waals surface area contributed by atoms with Crippen LogP contribution in [0, 0.1) is 5.82 Å². The van der Waals surface area contributed by atoms with E-state index in [0.29, 0.717) is 23.4 Å². The molecule has 0 unspecified atom stereocenters. The fourth-order valence-corrected chi connectivity index (χ4v) is 5.05. The molecule has 0 spiro atoms. The molecule has 0 N–H and O–H groups in total. The number of anilines is 1. The Morgan fingerprint density at radius 1 is 1.03 bits per heavy atom. The molecule has 4 rings (SSSR count). The highest BCUT2D eigenvalue weighted by atomic mass is 32.2. The number of benzene rings is 2. The van der Waals surface area contributed by atoms with Gasteiger partial charge in [0.05, 0.1) is 17.9 Å². The predicted octanol–water partition coefficient (Wildman–Crippen LogP) is 5.93. The zero-order valence-corrected chi connectivity index (χ0v) is 23.8. The third kappa shape index (κ3) is 7.81. The number of hydrazine groups is 1. The first kappa shape index (κ1) is 30.1. The number of piperazine rings is 1. The highest BCUT2D eigenvalue weighted by Crippen LogP contribution is 2.27. The lowest BCUT2D eigenvalue weighted by Crippen LogP contribution is -2.43. The number of rotatable bonds is 10. The summed E-state index contributed by atoms with van der Waals surface area (Å²) in [5, 5.41) is 9.46. The van der Waals surface area contributed by atoms with Gasteiger partial charge in [0.1, 0.15) is 11.5 Å². The van der Waals surface area contributed by atoms with E-state index in [4.69, 9.17) is 0 Å². The molecule has 208 valence electrons. The van der Waals surface area contributed by atoms with E-state index in [1.165, 1.54) is 11.6 Å². The van der Waals surface area contributed by atoms with E-state index in [2.05, 4.69) is 67.7 Å². The summed E-state index contributed by atoms with van der Waals surface area (Å²) in [5.74, 6) is -0.392. The molecule has 0 aromatic heterocycles. The first-order chi connectivity index (χ1) is 18.4. The molecule has 2 aliphatic rings. The van der Waals surface area contributed by atoms with Crippen LogP contribution in [0.4, 0.5) is 18.9 Å². The fraction of sp³-hybridized carbons (Fsp3) is 0.500. The molecule has 1 fully saturated rings. The van der Waals surface area contributed by atoms with Crippen LogP contribution in [0.5, 0.6) is 0 Å². The Morgan fingerprint density at radius 2 is 1.76 bits per heavy atom. The maximum Gasteiger partial charge on any atom is 0.278 e. The third-order valence-corrected chi connectivity index (χ3v) is 7.44. The van der Waals surface area contributed by atoms with Crippen LogP contribution >= 0.6 is 11.9 Å². The SMILES string of the molecule is CC.CCN(SC)N(Cc1ccc(C2=NN=C(C(F)F)C2)cc1F)c1cccc(CN2CCN(C)CC2)c1. The molecule has 0 amide bonds. The van der Waals surface area contributed by atoms with Crippen LogP contribution in [0.25, 0.3) is 0 Å². The minimum absolute atomic E-state index is 0.0568. The molecule has 2 aromatic carbocycles. The number of nitrogens with zero attached hydrogens (tertiary/aromatic N) is 6. The normalized spacial score (nSPS) is 16.4. The van der Waals surface area contributed by atoms with E-state index in [1.807, 2.05) is 20.1 Å². The van der Waals surface area contributed by atoms with Gasteiger partial charge in [-0.2, -0.15) is 14.6 Å². The molecule has 0 radical (unpaired) electrons. The predicted molar refractivity (Wildman–Crippen MR) is 154 cm³/mol. The first-order valence-electron chi connectivity index (χ1n) is 13.2. The van der Waals surface area contributed by atoms with Crippen LogP contribution in [0.2, 0.25) is 0 Å². The molecule has 2 aromatic rings. The summed E-state index contributed by atoms with van der Waals surface area (Å²) in [4.78, 5) is 4.80. The summed E-state index contributed by atoms with van der Waals surface area (Å²) in [6.07, 6.45) is -0.704. The summed E-state index contributed by atoms with van der Waals surface area (Å²) in [6.45, 7) is 12.3. The van der Waals surface area contributed by atoms with Crippen LogP contribution in [-0.4, -0.2) is 78.1 Å². The van der Waals surface area contributed by atoms with Crippen molar-refractivity contribution in [1.29, 1.82) is 0 Å². The van der Waals surface area contributed by atoms with Crippen molar-refractivity contribution in [1.82, 2.24) is 14.2 Å². The van der Waals surface area contributed by atoms with Gasteiger partial charge in [-0.1, -0.05) is 50.1 Å². The maximum atomic E-state index is 15.2. The summed E-state index contributed by atoms with van der Waals surface area (Å²) in [6, 6.07) is 13.2. The van der Waals surface area contributed by atoms with Gasteiger partial charge in [-0.25, -0.2) is 13.2 Å². The average Bonchev–Trinajstić information content (AvgIpc) is 3.43. The Balaban J connectivity index is 0.00000195. The molecule has 10 heteroatoms. The standard InChI is InChI=1S/C26H33F3N6S.C2H6/c1-4-35(36-3)34(22-7-5-6-19(14-22)17-33-12-10-32(2)11-13-33)18-21-9-8-20(15-23(21)27)24-16-25(26(28)29)31-30-24;1-2/h5-9,14-15,26H,4,10-13,16-18H2,1-3H3;1-2H3. The van der Waals surface area contributed by atoms with Crippen molar-refractivity contribution in [2.24, 2.45) is 10.2 Å². The minimum atomic E-state index is -2.65. The highest BCUT2D eigenvalue weighted by Gasteiger charge is 2.23. The van der Waals surface area contributed by atoms with Crippen molar-refractivity contribution in [2.45, 2.75) is 46.7 Å². The number of hydrogen-bond acceptors (Lipinski definition) is 7. The third-order valence-electron chi connectivity index (χ3n) is 6.57. The Kier molecular flexibility index (Phi) is 11.6. The smallest absolute Gasteiger partial charge is 0.278 e. The van der Waals surface area contributed by atoms with E-state index in [9.17, 15) is 8.78 Å². The molecule has 2 aliphatic heterocycles. The fourth-order valence-electron chi connectivity index (χ4n) is 4.44. The molecular weight excluding hydrogens is 509 g/mol. The van der Waals surface area contributed by atoms with Gasteiger partial charge in [0, 0.05) is 56.8 Å².